The predicted octanol–water partition coefficient (Wildman–Crippen LogP) is 0.609. The quantitative estimate of drug-likeness (QED) is 0.857. The second-order valence-electron chi connectivity index (χ2n) is 4.69. The molecule has 19 heavy (non-hydrogen) atoms. The number of aromatic nitrogens is 1. The summed E-state index contributed by atoms with van der Waals surface area (Å²) in [6.07, 6.45) is 0.818. The van der Waals surface area contributed by atoms with Crippen LogP contribution in [0.1, 0.15) is 12.1 Å². The highest BCUT2D eigenvalue weighted by Gasteiger charge is 2.23. The van der Waals surface area contributed by atoms with Crippen LogP contribution in [0.3, 0.4) is 0 Å². The van der Waals surface area contributed by atoms with Crippen LogP contribution in [0.15, 0.2) is 28.8 Å². The topological polar surface area (TPSA) is 84.2 Å². The van der Waals surface area contributed by atoms with Gasteiger partial charge in [0.25, 0.3) is 0 Å². The van der Waals surface area contributed by atoms with Crippen molar-refractivity contribution in [1.82, 2.24) is 15.2 Å². The number of para-hydroxylation sites is 1. The monoisotopic (exact) mass is 281 g/mol. The van der Waals surface area contributed by atoms with Crippen molar-refractivity contribution < 1.29 is 12.9 Å². The molecule has 6 nitrogen and oxygen atoms in total. The van der Waals surface area contributed by atoms with E-state index in [-0.39, 0.29) is 11.8 Å². The smallest absolute Gasteiger partial charge is 0.217 e. The summed E-state index contributed by atoms with van der Waals surface area (Å²) in [6.45, 7) is 1.53. The maximum Gasteiger partial charge on any atom is 0.217 e. The summed E-state index contributed by atoms with van der Waals surface area (Å²) in [4.78, 5) is 0. The normalized spacial score (nSPS) is 20.1. The zero-order valence-electron chi connectivity index (χ0n) is 10.3. The number of nitrogens with zero attached hydrogens (tertiary/aromatic N) is 1. The van der Waals surface area contributed by atoms with E-state index in [9.17, 15) is 8.42 Å². The Morgan fingerprint density at radius 3 is 3.05 bits per heavy atom. The van der Waals surface area contributed by atoms with Gasteiger partial charge in [-0.25, -0.2) is 13.1 Å². The van der Waals surface area contributed by atoms with E-state index in [4.69, 9.17) is 4.52 Å². The van der Waals surface area contributed by atoms with Crippen molar-refractivity contribution in [1.29, 1.82) is 0 Å². The van der Waals surface area contributed by atoms with Gasteiger partial charge in [-0.3, -0.25) is 0 Å². The summed E-state index contributed by atoms with van der Waals surface area (Å²) in [5.41, 5.74) is 1.06. The van der Waals surface area contributed by atoms with Crippen LogP contribution >= 0.6 is 0 Å². The Labute approximate surface area is 111 Å². The first-order valence-electron chi connectivity index (χ1n) is 6.18. The van der Waals surface area contributed by atoms with E-state index in [1.165, 1.54) is 0 Å². The molecule has 1 saturated heterocycles. The van der Waals surface area contributed by atoms with Crippen molar-refractivity contribution in [3.8, 4) is 0 Å². The van der Waals surface area contributed by atoms with Crippen molar-refractivity contribution >= 4 is 21.0 Å². The molecule has 102 valence electrons. The molecule has 2 aromatic rings. The molecule has 1 atom stereocenters. The van der Waals surface area contributed by atoms with E-state index in [0.717, 1.165) is 18.4 Å². The van der Waals surface area contributed by atoms with E-state index in [0.29, 0.717) is 17.8 Å². The number of benzene rings is 1. The Morgan fingerprint density at radius 1 is 1.42 bits per heavy atom. The highest BCUT2D eigenvalue weighted by molar-refractivity contribution is 7.88. The van der Waals surface area contributed by atoms with Crippen LogP contribution in [0.5, 0.6) is 0 Å². The molecule has 0 bridgehead atoms. The van der Waals surface area contributed by atoms with E-state index < -0.39 is 10.0 Å². The first-order chi connectivity index (χ1) is 9.14. The SMILES string of the molecule is O=S(=O)(Cc1noc2ccccc12)NC1CCNC1. The molecule has 1 aromatic heterocycles. The lowest BCUT2D eigenvalue weighted by Gasteiger charge is -2.10. The summed E-state index contributed by atoms with van der Waals surface area (Å²) in [5, 5.41) is 7.72. The van der Waals surface area contributed by atoms with Gasteiger partial charge in [0.15, 0.2) is 5.58 Å². The number of hydrogen-bond acceptors (Lipinski definition) is 5. The van der Waals surface area contributed by atoms with Gasteiger partial charge < -0.3 is 9.84 Å². The maximum atomic E-state index is 12.1. The predicted molar refractivity (Wildman–Crippen MR) is 71.0 cm³/mol. The zero-order chi connectivity index (χ0) is 13.3. The number of fused-ring (bicyclic) bond motifs is 1. The van der Waals surface area contributed by atoms with Gasteiger partial charge in [0.05, 0.1) is 0 Å². The van der Waals surface area contributed by atoms with Crippen LogP contribution in [0.4, 0.5) is 0 Å². The van der Waals surface area contributed by atoms with E-state index in [1.807, 2.05) is 18.2 Å². The molecular formula is C12H15N3O3S. The lowest BCUT2D eigenvalue weighted by molar-refractivity contribution is 0.448. The third-order valence-corrected chi connectivity index (χ3v) is 4.53. The third kappa shape index (κ3) is 2.78. The molecule has 1 aromatic carbocycles. The van der Waals surface area contributed by atoms with Gasteiger partial charge in [0.1, 0.15) is 11.4 Å². The number of rotatable bonds is 4. The first kappa shape index (κ1) is 12.6. The Morgan fingerprint density at radius 2 is 2.26 bits per heavy atom. The van der Waals surface area contributed by atoms with Gasteiger partial charge in [0, 0.05) is 18.0 Å². The van der Waals surface area contributed by atoms with E-state index in [2.05, 4.69) is 15.2 Å². The Bertz CT molecular complexity index is 674. The van der Waals surface area contributed by atoms with Crippen LogP contribution < -0.4 is 10.0 Å². The Balaban J connectivity index is 1.79. The van der Waals surface area contributed by atoms with Gasteiger partial charge in [0.2, 0.25) is 10.0 Å². The summed E-state index contributed by atoms with van der Waals surface area (Å²) in [7, 11) is -3.39. The first-order valence-corrected chi connectivity index (χ1v) is 7.83. The second kappa shape index (κ2) is 4.92. The standard InChI is InChI=1S/C12H15N3O3S/c16-19(17,15-9-5-6-13-7-9)8-11-10-3-1-2-4-12(10)18-14-11/h1-4,9,13,15H,5-8H2. The van der Waals surface area contributed by atoms with Crippen molar-refractivity contribution in [2.24, 2.45) is 0 Å². The summed E-state index contributed by atoms with van der Waals surface area (Å²) in [5.74, 6) is -0.152. The summed E-state index contributed by atoms with van der Waals surface area (Å²) >= 11 is 0. The summed E-state index contributed by atoms with van der Waals surface area (Å²) in [6, 6.07) is 7.22. The molecule has 0 spiro atoms. The minimum absolute atomic E-state index is 0.0248. The lowest BCUT2D eigenvalue weighted by atomic mass is 10.2. The minimum Gasteiger partial charge on any atom is -0.356 e. The molecule has 0 saturated carbocycles. The van der Waals surface area contributed by atoms with E-state index >= 15 is 0 Å². The molecule has 1 aliphatic rings. The zero-order valence-corrected chi connectivity index (χ0v) is 11.1. The number of hydrogen-bond donors (Lipinski definition) is 2. The fourth-order valence-corrected chi connectivity index (χ4v) is 3.63. The lowest BCUT2D eigenvalue weighted by Crippen LogP contribution is -2.37. The maximum absolute atomic E-state index is 12.1. The molecular weight excluding hydrogens is 266 g/mol. The molecule has 0 radical (unpaired) electrons. The molecule has 3 rings (SSSR count). The van der Waals surface area contributed by atoms with Crippen LogP contribution in [-0.4, -0.2) is 32.7 Å². The van der Waals surface area contributed by atoms with Crippen molar-refractivity contribution in [3.63, 3.8) is 0 Å². The molecule has 1 fully saturated rings. The van der Waals surface area contributed by atoms with Crippen LogP contribution in [0.2, 0.25) is 0 Å². The number of nitrogens with one attached hydrogen (secondary N) is 2. The Kier molecular flexibility index (Phi) is 3.26. The van der Waals surface area contributed by atoms with Crippen LogP contribution in [0.25, 0.3) is 11.0 Å². The molecule has 1 unspecified atom stereocenters. The molecule has 2 N–H and O–H groups in total. The van der Waals surface area contributed by atoms with Gasteiger partial charge in [-0.15, -0.1) is 0 Å². The highest BCUT2D eigenvalue weighted by Crippen LogP contribution is 2.19. The van der Waals surface area contributed by atoms with Gasteiger partial charge in [-0.05, 0) is 25.1 Å². The fraction of sp³-hybridized carbons (Fsp3) is 0.417. The molecule has 7 heteroatoms. The van der Waals surface area contributed by atoms with Crippen LogP contribution in [-0.2, 0) is 15.8 Å². The minimum atomic E-state index is -3.39. The van der Waals surface area contributed by atoms with Gasteiger partial charge in [-0.1, -0.05) is 17.3 Å². The van der Waals surface area contributed by atoms with Crippen LogP contribution in [0, 0.1) is 0 Å². The molecule has 1 aliphatic heterocycles. The van der Waals surface area contributed by atoms with Crippen molar-refractivity contribution in [2.75, 3.05) is 13.1 Å². The molecule has 0 aliphatic carbocycles. The molecule has 0 amide bonds. The number of sulfonamides is 1. The summed E-state index contributed by atoms with van der Waals surface area (Å²) < 4.78 is 32.0. The van der Waals surface area contributed by atoms with Crippen molar-refractivity contribution in [2.45, 2.75) is 18.2 Å². The third-order valence-electron chi connectivity index (χ3n) is 3.19. The van der Waals surface area contributed by atoms with Gasteiger partial charge in [-0.2, -0.15) is 0 Å². The second-order valence-corrected chi connectivity index (χ2v) is 6.45. The van der Waals surface area contributed by atoms with Crippen molar-refractivity contribution in [3.05, 3.63) is 30.0 Å². The van der Waals surface area contributed by atoms with Gasteiger partial charge >= 0.3 is 0 Å². The molecule has 2 heterocycles. The largest absolute Gasteiger partial charge is 0.356 e. The Hall–Kier alpha value is -1.44. The fourth-order valence-electron chi connectivity index (χ4n) is 2.27. The highest BCUT2D eigenvalue weighted by atomic mass is 32.2. The van der Waals surface area contributed by atoms with E-state index in [1.54, 1.807) is 6.07 Å². The average Bonchev–Trinajstić information content (AvgIpc) is 2.99. The average molecular weight is 281 g/mol.